The average molecular weight is 490 g/mol. The number of rotatable bonds is 8. The molecule has 0 aromatic carbocycles. The van der Waals surface area contributed by atoms with Crippen molar-refractivity contribution in [3.05, 3.63) is 23.9 Å². The molecule has 0 bridgehead atoms. The molecule has 1 fully saturated rings. The highest BCUT2D eigenvalue weighted by atomic mass is 127. The molecule has 6 nitrogen and oxygen atoms in total. The molecular weight excluding hydrogens is 455 g/mol. The SMILES string of the molecule is CN=C(NCc1cccnc1OCCOC)N(C)CC1CCC(C)CC1.I. The zero-order valence-corrected chi connectivity index (χ0v) is 19.4. The van der Waals surface area contributed by atoms with Crippen molar-refractivity contribution in [3.63, 3.8) is 0 Å². The number of guanidine groups is 1. The fourth-order valence-electron chi connectivity index (χ4n) is 3.45. The standard InChI is InChI=1S/C20H34N4O2.HI/c1-16-7-9-17(10-8-16)15-24(3)20(21-2)23-14-18-6-5-11-22-19(18)26-13-12-25-4;/h5-6,11,16-17H,7-10,12-15H2,1-4H3,(H,21,23);1H. The van der Waals surface area contributed by atoms with Gasteiger partial charge < -0.3 is 19.7 Å². The highest BCUT2D eigenvalue weighted by Gasteiger charge is 2.20. The zero-order valence-electron chi connectivity index (χ0n) is 17.1. The van der Waals surface area contributed by atoms with Crippen LogP contribution >= 0.6 is 24.0 Å². The highest BCUT2D eigenvalue weighted by molar-refractivity contribution is 14.0. The highest BCUT2D eigenvalue weighted by Crippen LogP contribution is 2.28. The number of halogens is 1. The molecule has 0 aliphatic heterocycles. The van der Waals surface area contributed by atoms with Gasteiger partial charge in [0.25, 0.3) is 0 Å². The second-order valence-electron chi connectivity index (χ2n) is 7.22. The predicted octanol–water partition coefficient (Wildman–Crippen LogP) is 3.56. The lowest BCUT2D eigenvalue weighted by Crippen LogP contribution is -2.41. The lowest BCUT2D eigenvalue weighted by atomic mass is 9.83. The molecule has 0 unspecified atom stereocenters. The molecule has 0 saturated heterocycles. The van der Waals surface area contributed by atoms with Gasteiger partial charge in [-0.15, -0.1) is 24.0 Å². The third-order valence-electron chi connectivity index (χ3n) is 5.05. The molecule has 1 aromatic heterocycles. The number of aromatic nitrogens is 1. The lowest BCUT2D eigenvalue weighted by molar-refractivity contribution is 0.143. The minimum atomic E-state index is 0. The summed E-state index contributed by atoms with van der Waals surface area (Å²) < 4.78 is 10.7. The van der Waals surface area contributed by atoms with Gasteiger partial charge in [0.15, 0.2) is 5.96 Å². The van der Waals surface area contributed by atoms with Gasteiger partial charge in [-0.3, -0.25) is 4.99 Å². The Balaban J connectivity index is 0.00000364. The Hall–Kier alpha value is -1.09. The molecule has 1 aliphatic rings. The molecule has 1 heterocycles. The number of methoxy groups -OCH3 is 1. The first-order chi connectivity index (χ1) is 12.6. The minimum Gasteiger partial charge on any atom is -0.475 e. The van der Waals surface area contributed by atoms with Crippen LogP contribution in [0.4, 0.5) is 0 Å². The van der Waals surface area contributed by atoms with Gasteiger partial charge in [-0.05, 0) is 30.7 Å². The Morgan fingerprint density at radius 3 is 2.70 bits per heavy atom. The normalized spacial score (nSPS) is 19.9. The van der Waals surface area contributed by atoms with Crippen molar-refractivity contribution in [2.24, 2.45) is 16.8 Å². The van der Waals surface area contributed by atoms with Gasteiger partial charge in [-0.1, -0.05) is 25.8 Å². The molecule has 0 atom stereocenters. The molecule has 1 saturated carbocycles. The van der Waals surface area contributed by atoms with Crippen LogP contribution in [0.2, 0.25) is 0 Å². The quantitative estimate of drug-likeness (QED) is 0.262. The molecule has 1 N–H and O–H groups in total. The minimum absolute atomic E-state index is 0. The van der Waals surface area contributed by atoms with E-state index in [0.717, 1.165) is 29.9 Å². The van der Waals surface area contributed by atoms with Crippen LogP contribution in [0.1, 0.15) is 38.2 Å². The van der Waals surface area contributed by atoms with Gasteiger partial charge >= 0.3 is 0 Å². The summed E-state index contributed by atoms with van der Waals surface area (Å²) in [5.41, 5.74) is 1.02. The third-order valence-corrected chi connectivity index (χ3v) is 5.05. The molecule has 1 aliphatic carbocycles. The maximum Gasteiger partial charge on any atom is 0.218 e. The van der Waals surface area contributed by atoms with Gasteiger partial charge in [-0.2, -0.15) is 0 Å². The van der Waals surface area contributed by atoms with Crippen LogP contribution in [0.3, 0.4) is 0 Å². The van der Waals surface area contributed by atoms with E-state index < -0.39 is 0 Å². The fraction of sp³-hybridized carbons (Fsp3) is 0.700. The Morgan fingerprint density at radius 1 is 1.30 bits per heavy atom. The van der Waals surface area contributed by atoms with Crippen molar-refractivity contribution in [3.8, 4) is 5.88 Å². The summed E-state index contributed by atoms with van der Waals surface area (Å²) in [6.07, 6.45) is 7.09. The van der Waals surface area contributed by atoms with Crippen molar-refractivity contribution in [1.29, 1.82) is 0 Å². The van der Waals surface area contributed by atoms with Gasteiger partial charge in [-0.25, -0.2) is 4.98 Å². The van der Waals surface area contributed by atoms with Crippen molar-refractivity contribution in [1.82, 2.24) is 15.2 Å². The van der Waals surface area contributed by atoms with Crippen LogP contribution in [0, 0.1) is 11.8 Å². The monoisotopic (exact) mass is 490 g/mol. The summed E-state index contributed by atoms with van der Waals surface area (Å²) in [5, 5.41) is 3.44. The summed E-state index contributed by atoms with van der Waals surface area (Å²) in [7, 11) is 5.62. The molecule has 0 amide bonds. The second-order valence-corrected chi connectivity index (χ2v) is 7.22. The van der Waals surface area contributed by atoms with Crippen LogP contribution in [-0.4, -0.2) is 56.8 Å². The Kier molecular flexibility index (Phi) is 11.7. The summed E-state index contributed by atoms with van der Waals surface area (Å²) >= 11 is 0. The van der Waals surface area contributed by atoms with E-state index in [4.69, 9.17) is 9.47 Å². The van der Waals surface area contributed by atoms with E-state index in [1.54, 1.807) is 13.3 Å². The lowest BCUT2D eigenvalue weighted by Gasteiger charge is -2.31. The summed E-state index contributed by atoms with van der Waals surface area (Å²) in [6.45, 7) is 5.09. The first kappa shape index (κ1) is 23.9. The number of ether oxygens (including phenoxy) is 2. The van der Waals surface area contributed by atoms with Gasteiger partial charge in [0.1, 0.15) is 6.61 Å². The fourth-order valence-corrected chi connectivity index (χ4v) is 3.45. The van der Waals surface area contributed by atoms with E-state index in [-0.39, 0.29) is 24.0 Å². The van der Waals surface area contributed by atoms with Gasteiger partial charge in [0, 0.05) is 46.1 Å². The number of aliphatic imine (C=N–C) groups is 1. The van der Waals surface area contributed by atoms with Crippen LogP contribution < -0.4 is 10.1 Å². The van der Waals surface area contributed by atoms with E-state index in [2.05, 4.69) is 34.2 Å². The topological polar surface area (TPSA) is 59.0 Å². The van der Waals surface area contributed by atoms with Crippen molar-refractivity contribution >= 4 is 29.9 Å². The van der Waals surface area contributed by atoms with E-state index in [1.807, 2.05) is 19.2 Å². The van der Waals surface area contributed by atoms with E-state index in [0.29, 0.717) is 25.6 Å². The molecule has 1 aromatic rings. The van der Waals surface area contributed by atoms with Crippen LogP contribution in [0.25, 0.3) is 0 Å². The second kappa shape index (κ2) is 13.1. The Labute approximate surface area is 181 Å². The van der Waals surface area contributed by atoms with E-state index in [9.17, 15) is 0 Å². The molecular formula is C20H35IN4O2. The van der Waals surface area contributed by atoms with Gasteiger partial charge in [0.2, 0.25) is 5.88 Å². The van der Waals surface area contributed by atoms with E-state index in [1.165, 1.54) is 25.7 Å². The number of nitrogens with one attached hydrogen (secondary N) is 1. The van der Waals surface area contributed by atoms with Crippen LogP contribution in [0.5, 0.6) is 5.88 Å². The molecule has 2 rings (SSSR count). The Morgan fingerprint density at radius 2 is 2.04 bits per heavy atom. The smallest absolute Gasteiger partial charge is 0.218 e. The molecule has 0 radical (unpaired) electrons. The molecule has 0 spiro atoms. The average Bonchev–Trinajstić information content (AvgIpc) is 2.65. The Bertz CT molecular complexity index is 563. The first-order valence-electron chi connectivity index (χ1n) is 9.61. The van der Waals surface area contributed by atoms with E-state index >= 15 is 0 Å². The van der Waals surface area contributed by atoms with Crippen LogP contribution in [-0.2, 0) is 11.3 Å². The maximum atomic E-state index is 5.71. The zero-order chi connectivity index (χ0) is 18.8. The summed E-state index contributed by atoms with van der Waals surface area (Å²) in [5.74, 6) is 3.21. The molecule has 154 valence electrons. The summed E-state index contributed by atoms with van der Waals surface area (Å²) in [6, 6.07) is 3.95. The molecule has 7 heteroatoms. The van der Waals surface area contributed by atoms with Crippen molar-refractivity contribution < 1.29 is 9.47 Å². The largest absolute Gasteiger partial charge is 0.475 e. The van der Waals surface area contributed by atoms with Crippen molar-refractivity contribution in [2.45, 2.75) is 39.2 Å². The number of pyridine rings is 1. The predicted molar refractivity (Wildman–Crippen MR) is 121 cm³/mol. The number of hydrogen-bond donors (Lipinski definition) is 1. The van der Waals surface area contributed by atoms with Gasteiger partial charge in [0.05, 0.1) is 6.61 Å². The third kappa shape index (κ3) is 8.21. The van der Waals surface area contributed by atoms with Crippen molar-refractivity contribution in [2.75, 3.05) is 41.0 Å². The first-order valence-corrected chi connectivity index (χ1v) is 9.61. The molecule has 27 heavy (non-hydrogen) atoms. The van der Waals surface area contributed by atoms with Crippen LogP contribution in [0.15, 0.2) is 23.3 Å². The number of nitrogens with zero attached hydrogens (tertiary/aromatic N) is 3. The summed E-state index contributed by atoms with van der Waals surface area (Å²) in [4.78, 5) is 11.0. The number of hydrogen-bond acceptors (Lipinski definition) is 4. The maximum absolute atomic E-state index is 5.71.